The standard InChI is InChI=1S/C16H21NO2/c1-12(18-2)11-19-16-8-7-13-5-3-4-6-14(13)15(16)9-10-17/h3-8,12H,9-11,17H2,1-2H3. The van der Waals surface area contributed by atoms with E-state index < -0.39 is 0 Å². The predicted molar refractivity (Wildman–Crippen MR) is 78.7 cm³/mol. The minimum atomic E-state index is 0.0807. The average molecular weight is 259 g/mol. The van der Waals surface area contributed by atoms with E-state index in [2.05, 4.69) is 18.2 Å². The van der Waals surface area contributed by atoms with Crippen molar-refractivity contribution < 1.29 is 9.47 Å². The van der Waals surface area contributed by atoms with E-state index in [4.69, 9.17) is 15.2 Å². The second-order valence-electron chi connectivity index (χ2n) is 4.66. The van der Waals surface area contributed by atoms with Crippen molar-refractivity contribution in [1.29, 1.82) is 0 Å². The third-order valence-corrected chi connectivity index (χ3v) is 3.27. The maximum atomic E-state index is 5.87. The molecule has 0 aliphatic carbocycles. The molecule has 0 radical (unpaired) electrons. The van der Waals surface area contributed by atoms with Crippen LogP contribution in [0.5, 0.6) is 5.75 Å². The number of rotatable bonds is 6. The van der Waals surface area contributed by atoms with E-state index in [9.17, 15) is 0 Å². The molecule has 0 aliphatic rings. The zero-order valence-corrected chi connectivity index (χ0v) is 11.6. The average Bonchev–Trinajstić information content (AvgIpc) is 2.46. The number of hydrogen-bond acceptors (Lipinski definition) is 3. The van der Waals surface area contributed by atoms with Crippen molar-refractivity contribution in [2.45, 2.75) is 19.4 Å². The van der Waals surface area contributed by atoms with E-state index in [0.717, 1.165) is 12.2 Å². The zero-order chi connectivity index (χ0) is 13.7. The van der Waals surface area contributed by atoms with Gasteiger partial charge < -0.3 is 15.2 Å². The summed E-state index contributed by atoms with van der Waals surface area (Å²) in [6.07, 6.45) is 0.898. The predicted octanol–water partition coefficient (Wildman–Crippen LogP) is 2.75. The van der Waals surface area contributed by atoms with Gasteiger partial charge in [0.25, 0.3) is 0 Å². The van der Waals surface area contributed by atoms with Crippen molar-refractivity contribution in [3.8, 4) is 5.75 Å². The van der Waals surface area contributed by atoms with Crippen LogP contribution >= 0.6 is 0 Å². The Morgan fingerprint density at radius 1 is 1.16 bits per heavy atom. The van der Waals surface area contributed by atoms with Gasteiger partial charge in [0.2, 0.25) is 0 Å². The Labute approximate surface area is 114 Å². The molecule has 3 heteroatoms. The third-order valence-electron chi connectivity index (χ3n) is 3.27. The summed E-state index contributed by atoms with van der Waals surface area (Å²) in [7, 11) is 1.69. The van der Waals surface area contributed by atoms with E-state index >= 15 is 0 Å². The van der Waals surface area contributed by atoms with Gasteiger partial charge in [-0.05, 0) is 36.7 Å². The van der Waals surface area contributed by atoms with Gasteiger partial charge >= 0.3 is 0 Å². The summed E-state index contributed by atoms with van der Waals surface area (Å²) in [5.41, 5.74) is 6.91. The molecular formula is C16H21NO2. The van der Waals surface area contributed by atoms with Crippen molar-refractivity contribution in [3.05, 3.63) is 42.0 Å². The molecule has 2 aromatic rings. The third kappa shape index (κ3) is 3.25. The summed E-state index contributed by atoms with van der Waals surface area (Å²) < 4.78 is 11.1. The Hall–Kier alpha value is -1.58. The van der Waals surface area contributed by atoms with Crippen molar-refractivity contribution in [3.63, 3.8) is 0 Å². The lowest BCUT2D eigenvalue weighted by Crippen LogP contribution is -2.17. The summed E-state index contributed by atoms with van der Waals surface area (Å²) >= 11 is 0. The minimum absolute atomic E-state index is 0.0807. The molecule has 0 saturated carbocycles. The Balaban J connectivity index is 2.34. The molecule has 1 unspecified atom stereocenters. The van der Waals surface area contributed by atoms with Gasteiger partial charge in [0.1, 0.15) is 12.4 Å². The maximum Gasteiger partial charge on any atom is 0.123 e. The van der Waals surface area contributed by atoms with Crippen molar-refractivity contribution in [2.24, 2.45) is 5.73 Å². The summed E-state index contributed by atoms with van der Waals surface area (Å²) in [5.74, 6) is 0.910. The molecular weight excluding hydrogens is 238 g/mol. The second kappa shape index (κ2) is 6.55. The van der Waals surface area contributed by atoms with Crippen LogP contribution in [-0.2, 0) is 11.2 Å². The molecule has 19 heavy (non-hydrogen) atoms. The lowest BCUT2D eigenvalue weighted by molar-refractivity contribution is 0.0714. The van der Waals surface area contributed by atoms with Gasteiger partial charge in [0.15, 0.2) is 0 Å². The first-order valence-electron chi connectivity index (χ1n) is 6.62. The van der Waals surface area contributed by atoms with Gasteiger partial charge in [0, 0.05) is 12.7 Å². The lowest BCUT2D eigenvalue weighted by atomic mass is 10.0. The van der Waals surface area contributed by atoms with Gasteiger partial charge in [-0.3, -0.25) is 0 Å². The largest absolute Gasteiger partial charge is 0.491 e. The van der Waals surface area contributed by atoms with Gasteiger partial charge in [-0.15, -0.1) is 0 Å². The molecule has 0 fully saturated rings. The fourth-order valence-electron chi connectivity index (χ4n) is 2.13. The zero-order valence-electron chi connectivity index (χ0n) is 11.6. The lowest BCUT2D eigenvalue weighted by Gasteiger charge is -2.16. The van der Waals surface area contributed by atoms with Gasteiger partial charge in [-0.25, -0.2) is 0 Å². The van der Waals surface area contributed by atoms with E-state index in [1.807, 2.05) is 25.1 Å². The number of fused-ring (bicyclic) bond motifs is 1. The second-order valence-corrected chi connectivity index (χ2v) is 4.66. The smallest absolute Gasteiger partial charge is 0.123 e. The molecule has 3 nitrogen and oxygen atoms in total. The fourth-order valence-corrected chi connectivity index (χ4v) is 2.13. The Morgan fingerprint density at radius 2 is 1.95 bits per heavy atom. The van der Waals surface area contributed by atoms with Crippen LogP contribution in [0, 0.1) is 0 Å². The van der Waals surface area contributed by atoms with Crippen molar-refractivity contribution in [1.82, 2.24) is 0 Å². The normalized spacial score (nSPS) is 12.6. The van der Waals surface area contributed by atoms with Crippen LogP contribution < -0.4 is 10.5 Å². The highest BCUT2D eigenvalue weighted by Crippen LogP contribution is 2.28. The molecule has 2 N–H and O–H groups in total. The number of benzene rings is 2. The minimum Gasteiger partial charge on any atom is -0.491 e. The van der Waals surface area contributed by atoms with E-state index in [0.29, 0.717) is 13.2 Å². The van der Waals surface area contributed by atoms with Crippen molar-refractivity contribution >= 4 is 10.8 Å². The Kier molecular flexibility index (Phi) is 4.77. The monoisotopic (exact) mass is 259 g/mol. The van der Waals surface area contributed by atoms with Crippen LogP contribution in [0.15, 0.2) is 36.4 Å². The summed E-state index contributed by atoms with van der Waals surface area (Å²) in [4.78, 5) is 0. The van der Waals surface area contributed by atoms with Crippen LogP contribution in [0.3, 0.4) is 0 Å². The molecule has 0 amide bonds. The van der Waals surface area contributed by atoms with E-state index in [1.54, 1.807) is 7.11 Å². The highest BCUT2D eigenvalue weighted by atomic mass is 16.5. The maximum absolute atomic E-state index is 5.87. The van der Waals surface area contributed by atoms with Crippen LogP contribution in [0.25, 0.3) is 10.8 Å². The first-order chi connectivity index (χ1) is 9.26. The first-order valence-corrected chi connectivity index (χ1v) is 6.62. The summed E-state index contributed by atoms with van der Waals surface area (Å²) in [6, 6.07) is 12.4. The topological polar surface area (TPSA) is 44.5 Å². The molecule has 0 heterocycles. The van der Waals surface area contributed by atoms with Crippen molar-refractivity contribution in [2.75, 3.05) is 20.3 Å². The molecule has 0 aliphatic heterocycles. The molecule has 2 rings (SSSR count). The molecule has 0 aromatic heterocycles. The van der Waals surface area contributed by atoms with Gasteiger partial charge in [0.05, 0.1) is 6.10 Å². The van der Waals surface area contributed by atoms with Gasteiger partial charge in [-0.2, -0.15) is 0 Å². The van der Waals surface area contributed by atoms with Crippen LogP contribution in [-0.4, -0.2) is 26.4 Å². The molecule has 0 bridgehead atoms. The Bertz CT molecular complexity index is 539. The quantitative estimate of drug-likeness (QED) is 0.867. The molecule has 0 saturated heterocycles. The summed E-state index contributed by atoms with van der Waals surface area (Å²) in [6.45, 7) is 3.15. The summed E-state index contributed by atoms with van der Waals surface area (Å²) in [5, 5.41) is 2.44. The molecule has 0 spiro atoms. The van der Waals surface area contributed by atoms with Crippen LogP contribution in [0.1, 0.15) is 12.5 Å². The van der Waals surface area contributed by atoms with E-state index in [1.165, 1.54) is 16.3 Å². The Morgan fingerprint density at radius 3 is 2.68 bits per heavy atom. The molecule has 102 valence electrons. The highest BCUT2D eigenvalue weighted by molar-refractivity contribution is 5.87. The number of hydrogen-bond donors (Lipinski definition) is 1. The van der Waals surface area contributed by atoms with Crippen LogP contribution in [0.4, 0.5) is 0 Å². The van der Waals surface area contributed by atoms with E-state index in [-0.39, 0.29) is 6.10 Å². The molecule has 2 aromatic carbocycles. The van der Waals surface area contributed by atoms with Crippen LogP contribution in [0.2, 0.25) is 0 Å². The number of ether oxygens (including phenoxy) is 2. The SMILES string of the molecule is COC(C)COc1ccc2ccccc2c1CCN. The number of nitrogens with two attached hydrogens (primary N) is 1. The highest BCUT2D eigenvalue weighted by Gasteiger charge is 2.09. The first kappa shape index (κ1) is 13.8. The number of methoxy groups -OCH3 is 1. The molecule has 1 atom stereocenters. The fraction of sp³-hybridized carbons (Fsp3) is 0.375. The van der Waals surface area contributed by atoms with Gasteiger partial charge in [-0.1, -0.05) is 30.3 Å².